The van der Waals surface area contributed by atoms with Crippen LogP contribution in [0.5, 0.6) is 0 Å². The highest BCUT2D eigenvalue weighted by molar-refractivity contribution is 5.39. The van der Waals surface area contributed by atoms with E-state index in [0.29, 0.717) is 0 Å². The summed E-state index contributed by atoms with van der Waals surface area (Å²) in [6.07, 6.45) is 6.57. The van der Waals surface area contributed by atoms with Gasteiger partial charge in [-0.15, -0.1) is 0 Å². The van der Waals surface area contributed by atoms with Crippen LogP contribution in [0.4, 0.5) is 5.82 Å². The lowest BCUT2D eigenvalue weighted by atomic mass is 10.1. The smallest absolute Gasteiger partial charge is 0.128 e. The summed E-state index contributed by atoms with van der Waals surface area (Å²) in [6, 6.07) is 6.20. The van der Waals surface area contributed by atoms with Crippen LogP contribution in [-0.4, -0.2) is 29.3 Å². The number of nitrogens with zero attached hydrogens (tertiary/aromatic N) is 2. The van der Waals surface area contributed by atoms with Crippen molar-refractivity contribution in [2.45, 2.75) is 31.7 Å². The van der Waals surface area contributed by atoms with Crippen molar-refractivity contribution < 1.29 is 5.11 Å². The molecule has 1 aliphatic heterocycles. The zero-order chi connectivity index (χ0) is 10.5. The summed E-state index contributed by atoms with van der Waals surface area (Å²) in [4.78, 5) is 6.60. The fraction of sp³-hybridized carbons (Fsp3) is 0.583. The number of aromatic nitrogens is 1. The molecule has 0 aliphatic carbocycles. The SMILES string of the molecule is OCC1CCCCCN1c1ccccn1. The maximum Gasteiger partial charge on any atom is 0.128 e. The Kier molecular flexibility index (Phi) is 3.56. The summed E-state index contributed by atoms with van der Waals surface area (Å²) in [7, 11) is 0. The van der Waals surface area contributed by atoms with E-state index in [1.807, 2.05) is 24.4 Å². The third kappa shape index (κ3) is 2.48. The molecule has 1 atom stereocenters. The number of pyridine rings is 1. The number of hydrogen-bond donors (Lipinski definition) is 1. The Morgan fingerprint density at radius 1 is 1.33 bits per heavy atom. The molecule has 1 fully saturated rings. The van der Waals surface area contributed by atoms with Crippen molar-refractivity contribution in [1.29, 1.82) is 0 Å². The molecule has 1 saturated heterocycles. The standard InChI is InChI=1S/C12H18N2O/c15-10-11-6-2-1-5-9-14(11)12-7-3-4-8-13-12/h3-4,7-8,11,15H,1-2,5-6,9-10H2. The molecule has 2 heterocycles. The second-order valence-corrected chi connectivity index (χ2v) is 4.07. The van der Waals surface area contributed by atoms with Crippen LogP contribution in [-0.2, 0) is 0 Å². The van der Waals surface area contributed by atoms with Crippen LogP contribution >= 0.6 is 0 Å². The van der Waals surface area contributed by atoms with Crippen LogP contribution in [0.15, 0.2) is 24.4 Å². The first-order valence-corrected chi connectivity index (χ1v) is 5.70. The predicted molar refractivity (Wildman–Crippen MR) is 60.9 cm³/mol. The Labute approximate surface area is 90.8 Å². The molecule has 1 N–H and O–H groups in total. The third-order valence-corrected chi connectivity index (χ3v) is 3.03. The molecular formula is C12H18N2O. The van der Waals surface area contributed by atoms with Gasteiger partial charge in [-0.3, -0.25) is 0 Å². The summed E-state index contributed by atoms with van der Waals surface area (Å²) in [5, 5.41) is 9.38. The monoisotopic (exact) mass is 206 g/mol. The van der Waals surface area contributed by atoms with Gasteiger partial charge in [0.2, 0.25) is 0 Å². The van der Waals surface area contributed by atoms with Crippen LogP contribution in [0, 0.1) is 0 Å². The summed E-state index contributed by atoms with van der Waals surface area (Å²) in [5.74, 6) is 0.999. The van der Waals surface area contributed by atoms with Crippen molar-refractivity contribution >= 4 is 5.82 Å². The van der Waals surface area contributed by atoms with Crippen molar-refractivity contribution in [3.8, 4) is 0 Å². The van der Waals surface area contributed by atoms with Crippen LogP contribution in [0.2, 0.25) is 0 Å². The van der Waals surface area contributed by atoms with E-state index in [0.717, 1.165) is 18.8 Å². The molecule has 3 heteroatoms. The molecule has 0 amide bonds. The van der Waals surface area contributed by atoms with Crippen LogP contribution in [0.3, 0.4) is 0 Å². The Balaban J connectivity index is 2.16. The number of rotatable bonds is 2. The van der Waals surface area contributed by atoms with Crippen molar-refractivity contribution in [3.63, 3.8) is 0 Å². The zero-order valence-corrected chi connectivity index (χ0v) is 8.97. The molecule has 0 bridgehead atoms. The molecule has 1 aromatic heterocycles. The average Bonchev–Trinajstić information content (AvgIpc) is 2.55. The van der Waals surface area contributed by atoms with Gasteiger partial charge in [-0.05, 0) is 25.0 Å². The Morgan fingerprint density at radius 3 is 3.00 bits per heavy atom. The number of aliphatic hydroxyl groups excluding tert-OH is 1. The van der Waals surface area contributed by atoms with E-state index in [9.17, 15) is 5.11 Å². The first-order chi connectivity index (χ1) is 7.42. The van der Waals surface area contributed by atoms with Gasteiger partial charge < -0.3 is 10.0 Å². The van der Waals surface area contributed by atoms with Crippen LogP contribution < -0.4 is 4.90 Å². The van der Waals surface area contributed by atoms with E-state index in [1.165, 1.54) is 19.3 Å². The third-order valence-electron chi connectivity index (χ3n) is 3.03. The highest BCUT2D eigenvalue weighted by Crippen LogP contribution is 2.21. The Hall–Kier alpha value is -1.09. The molecule has 82 valence electrons. The van der Waals surface area contributed by atoms with Gasteiger partial charge in [0.1, 0.15) is 5.82 Å². The maximum atomic E-state index is 9.38. The quantitative estimate of drug-likeness (QED) is 0.802. The zero-order valence-electron chi connectivity index (χ0n) is 8.97. The lowest BCUT2D eigenvalue weighted by molar-refractivity contribution is 0.254. The highest BCUT2D eigenvalue weighted by atomic mass is 16.3. The minimum Gasteiger partial charge on any atom is -0.394 e. The van der Waals surface area contributed by atoms with Gasteiger partial charge in [0.15, 0.2) is 0 Å². The lowest BCUT2D eigenvalue weighted by Crippen LogP contribution is -2.38. The maximum absolute atomic E-state index is 9.38. The molecule has 0 spiro atoms. The average molecular weight is 206 g/mol. The number of aliphatic hydroxyl groups is 1. The van der Waals surface area contributed by atoms with Crippen molar-refractivity contribution in [1.82, 2.24) is 4.98 Å². The van der Waals surface area contributed by atoms with Crippen molar-refractivity contribution in [3.05, 3.63) is 24.4 Å². The van der Waals surface area contributed by atoms with Gasteiger partial charge in [0.05, 0.1) is 12.6 Å². The fourth-order valence-corrected chi connectivity index (χ4v) is 2.19. The normalized spacial score (nSPS) is 22.5. The largest absolute Gasteiger partial charge is 0.394 e. The van der Waals surface area contributed by atoms with E-state index in [1.54, 1.807) is 0 Å². The minimum atomic E-state index is 0.233. The van der Waals surface area contributed by atoms with Gasteiger partial charge >= 0.3 is 0 Å². The summed E-state index contributed by atoms with van der Waals surface area (Å²) >= 11 is 0. The topological polar surface area (TPSA) is 36.4 Å². The first kappa shape index (κ1) is 10.4. The number of anilines is 1. The first-order valence-electron chi connectivity index (χ1n) is 5.70. The van der Waals surface area contributed by atoms with E-state index in [-0.39, 0.29) is 12.6 Å². The summed E-state index contributed by atoms with van der Waals surface area (Å²) < 4.78 is 0. The molecule has 0 radical (unpaired) electrons. The van der Waals surface area contributed by atoms with Gasteiger partial charge in [-0.1, -0.05) is 18.9 Å². The fourth-order valence-electron chi connectivity index (χ4n) is 2.19. The molecule has 0 aromatic carbocycles. The highest BCUT2D eigenvalue weighted by Gasteiger charge is 2.20. The summed E-state index contributed by atoms with van der Waals surface area (Å²) in [6.45, 7) is 1.25. The van der Waals surface area contributed by atoms with Gasteiger partial charge in [-0.25, -0.2) is 4.98 Å². The van der Waals surface area contributed by atoms with Gasteiger partial charge in [-0.2, -0.15) is 0 Å². The van der Waals surface area contributed by atoms with Gasteiger partial charge in [0, 0.05) is 12.7 Å². The van der Waals surface area contributed by atoms with Crippen molar-refractivity contribution in [2.24, 2.45) is 0 Å². The molecule has 0 saturated carbocycles. The molecule has 1 aliphatic rings. The van der Waals surface area contributed by atoms with Gasteiger partial charge in [0.25, 0.3) is 0 Å². The second-order valence-electron chi connectivity index (χ2n) is 4.07. The molecule has 15 heavy (non-hydrogen) atoms. The molecule has 2 rings (SSSR count). The van der Waals surface area contributed by atoms with Crippen LogP contribution in [0.25, 0.3) is 0 Å². The van der Waals surface area contributed by atoms with E-state index >= 15 is 0 Å². The molecule has 1 aromatic rings. The second kappa shape index (κ2) is 5.12. The van der Waals surface area contributed by atoms with E-state index < -0.39 is 0 Å². The lowest BCUT2D eigenvalue weighted by Gasteiger charge is -2.29. The molecule has 1 unspecified atom stereocenters. The minimum absolute atomic E-state index is 0.233. The van der Waals surface area contributed by atoms with Crippen LogP contribution in [0.1, 0.15) is 25.7 Å². The molecular weight excluding hydrogens is 188 g/mol. The number of hydrogen-bond acceptors (Lipinski definition) is 3. The Morgan fingerprint density at radius 2 is 2.27 bits per heavy atom. The summed E-state index contributed by atoms with van der Waals surface area (Å²) in [5.41, 5.74) is 0. The van der Waals surface area contributed by atoms with E-state index in [4.69, 9.17) is 0 Å². The Bertz CT molecular complexity index is 289. The predicted octanol–water partition coefficient (Wildman–Crippen LogP) is 1.82. The molecule has 3 nitrogen and oxygen atoms in total. The van der Waals surface area contributed by atoms with E-state index in [2.05, 4.69) is 9.88 Å². The van der Waals surface area contributed by atoms with Crippen molar-refractivity contribution in [2.75, 3.05) is 18.1 Å².